The van der Waals surface area contributed by atoms with Crippen molar-refractivity contribution in [3.05, 3.63) is 120 Å². The Labute approximate surface area is 327 Å². The van der Waals surface area contributed by atoms with Crippen molar-refractivity contribution in [3.63, 3.8) is 0 Å². The fourth-order valence-corrected chi connectivity index (χ4v) is 9.92. The van der Waals surface area contributed by atoms with Crippen molar-refractivity contribution in [3.8, 4) is 39.8 Å². The summed E-state index contributed by atoms with van der Waals surface area (Å²) in [6.07, 6.45) is 0. The van der Waals surface area contributed by atoms with Gasteiger partial charge in [-0.05, 0) is 76.0 Å². The highest BCUT2D eigenvalue weighted by molar-refractivity contribution is 7.92. The van der Waals surface area contributed by atoms with E-state index in [0.717, 1.165) is 10.3 Å². The van der Waals surface area contributed by atoms with Crippen molar-refractivity contribution in [2.45, 2.75) is 29.4 Å². The molecule has 2 aromatic heterocycles. The molecular formula is C38H36N8O7S3. The maximum absolute atomic E-state index is 15.5. The van der Waals surface area contributed by atoms with Gasteiger partial charge in [0.05, 0.1) is 43.7 Å². The molecule has 15 nitrogen and oxygen atoms in total. The van der Waals surface area contributed by atoms with Gasteiger partial charge in [0.25, 0.3) is 0 Å². The van der Waals surface area contributed by atoms with Gasteiger partial charge in [-0.1, -0.05) is 65.9 Å². The van der Waals surface area contributed by atoms with Crippen molar-refractivity contribution in [1.29, 1.82) is 0 Å². The lowest BCUT2D eigenvalue weighted by Crippen LogP contribution is -2.32. The predicted octanol–water partition coefficient (Wildman–Crippen LogP) is 5.31. The molecule has 288 valence electrons. The van der Waals surface area contributed by atoms with Gasteiger partial charge in [0.2, 0.25) is 25.9 Å². The Kier molecular flexibility index (Phi) is 10.7. The second-order valence-electron chi connectivity index (χ2n) is 12.5. The van der Waals surface area contributed by atoms with Gasteiger partial charge in [-0.3, -0.25) is 0 Å². The minimum Gasteiger partial charge on any atom is -0.497 e. The van der Waals surface area contributed by atoms with Gasteiger partial charge in [-0.2, -0.15) is 9.10 Å². The van der Waals surface area contributed by atoms with E-state index >= 15 is 8.42 Å². The van der Waals surface area contributed by atoms with E-state index in [0.29, 0.717) is 39.5 Å². The molecule has 7 aromatic rings. The lowest BCUT2D eigenvalue weighted by Gasteiger charge is -2.26. The van der Waals surface area contributed by atoms with Crippen LogP contribution < -0.4 is 25.1 Å². The third-order valence-corrected chi connectivity index (χ3v) is 12.8. The zero-order valence-corrected chi connectivity index (χ0v) is 32.8. The molecule has 0 aliphatic carbocycles. The minimum atomic E-state index is -4.82. The third-order valence-electron chi connectivity index (χ3n) is 8.95. The van der Waals surface area contributed by atoms with Gasteiger partial charge in [0, 0.05) is 18.7 Å². The SMILES string of the molecule is COc1ccc(CN(Cc2ccc(OC)cc2)S(=O)(=O)c2c(S(N)(=O)=O)ccc(-c3cccc4sc(N)nc34)c2-c2nnn(Cc3ccc(OC)cc3)n2)cc1. The molecule has 0 fully saturated rings. The molecule has 5 aromatic carbocycles. The maximum atomic E-state index is 15.5. The second kappa shape index (κ2) is 15.7. The van der Waals surface area contributed by atoms with Gasteiger partial charge >= 0.3 is 0 Å². The van der Waals surface area contributed by atoms with E-state index in [1.807, 2.05) is 18.2 Å². The number of rotatable bonds is 14. The molecule has 0 spiro atoms. The Morgan fingerprint density at radius 2 is 1.27 bits per heavy atom. The quantitative estimate of drug-likeness (QED) is 0.143. The van der Waals surface area contributed by atoms with Crippen molar-refractivity contribution in [1.82, 2.24) is 29.5 Å². The van der Waals surface area contributed by atoms with Crippen LogP contribution in [0.2, 0.25) is 0 Å². The van der Waals surface area contributed by atoms with Crippen LogP contribution in [0.4, 0.5) is 5.13 Å². The van der Waals surface area contributed by atoms with Gasteiger partial charge in [0.1, 0.15) is 27.0 Å². The first kappa shape index (κ1) is 38.4. The van der Waals surface area contributed by atoms with E-state index in [-0.39, 0.29) is 41.7 Å². The Balaban J connectivity index is 1.48. The van der Waals surface area contributed by atoms with E-state index in [1.165, 1.54) is 46.8 Å². The van der Waals surface area contributed by atoms with Crippen LogP contribution in [-0.4, -0.2) is 67.7 Å². The topological polar surface area (TPSA) is 208 Å². The van der Waals surface area contributed by atoms with Crippen LogP contribution in [0.3, 0.4) is 0 Å². The average molecular weight is 813 g/mol. The standard InChI is InChI=1S/C38H36N8O7S3/c1-51-27-13-7-24(8-14-27)21-45(22-25-9-15-28(52-2)16-10-25)56(49,50)36-33(55(40,47)48)20-19-30(31-5-4-6-32-35(31)41-38(39)54-32)34(36)37-42-44-46(43-37)23-26-11-17-29(53-3)18-12-26/h4-20H,21-23H2,1-3H3,(H2,39,41)(H2,40,47,48). The highest BCUT2D eigenvalue weighted by Crippen LogP contribution is 2.43. The molecule has 0 radical (unpaired) electrons. The van der Waals surface area contributed by atoms with Crippen LogP contribution in [-0.2, 0) is 39.7 Å². The number of benzene rings is 5. The molecule has 0 bridgehead atoms. The molecule has 0 atom stereocenters. The van der Waals surface area contributed by atoms with Gasteiger partial charge < -0.3 is 19.9 Å². The molecule has 4 N–H and O–H groups in total. The number of aromatic nitrogens is 5. The van der Waals surface area contributed by atoms with Gasteiger partial charge in [-0.15, -0.1) is 10.2 Å². The monoisotopic (exact) mass is 812 g/mol. The summed E-state index contributed by atoms with van der Waals surface area (Å²) in [5.41, 5.74) is 9.21. The zero-order valence-electron chi connectivity index (χ0n) is 30.4. The Morgan fingerprint density at radius 1 is 0.714 bits per heavy atom. The number of fused-ring (bicyclic) bond motifs is 1. The Bertz CT molecular complexity index is 2690. The summed E-state index contributed by atoms with van der Waals surface area (Å²) in [4.78, 5) is 4.55. The number of tetrazole rings is 1. The van der Waals surface area contributed by atoms with Gasteiger partial charge in [-0.25, -0.2) is 27.0 Å². The first-order valence-electron chi connectivity index (χ1n) is 16.9. The van der Waals surface area contributed by atoms with Crippen molar-refractivity contribution in [2.24, 2.45) is 5.14 Å². The zero-order chi connectivity index (χ0) is 39.6. The Morgan fingerprint density at radius 3 is 1.80 bits per heavy atom. The summed E-state index contributed by atoms with van der Waals surface area (Å²) < 4.78 is 75.8. The van der Waals surface area contributed by atoms with Crippen LogP contribution >= 0.6 is 11.3 Å². The number of hydrogen-bond acceptors (Lipinski definition) is 13. The van der Waals surface area contributed by atoms with E-state index in [4.69, 9.17) is 25.1 Å². The highest BCUT2D eigenvalue weighted by atomic mass is 32.2. The molecular weight excluding hydrogens is 777 g/mol. The number of ether oxygens (including phenoxy) is 3. The van der Waals surface area contributed by atoms with Crippen LogP contribution in [0.15, 0.2) is 113 Å². The number of thiazole rings is 1. The molecule has 7 rings (SSSR count). The van der Waals surface area contributed by atoms with E-state index < -0.39 is 29.8 Å². The Hall–Kier alpha value is -5.92. The number of methoxy groups -OCH3 is 3. The second-order valence-corrected chi connectivity index (χ2v) is 17.0. The summed E-state index contributed by atoms with van der Waals surface area (Å²) in [7, 11) is -4.90. The number of primary sulfonamides is 1. The first-order chi connectivity index (χ1) is 26.9. The minimum absolute atomic E-state index is 0.133. The summed E-state index contributed by atoms with van der Waals surface area (Å²) in [5, 5.41) is 19.3. The number of para-hydroxylation sites is 1. The summed E-state index contributed by atoms with van der Waals surface area (Å²) in [5.74, 6) is 1.65. The maximum Gasteiger partial charge on any atom is 0.245 e. The van der Waals surface area contributed by atoms with E-state index in [2.05, 4.69) is 20.4 Å². The molecule has 56 heavy (non-hydrogen) atoms. The van der Waals surface area contributed by atoms with E-state index in [9.17, 15) is 8.42 Å². The molecule has 18 heteroatoms. The first-order valence-corrected chi connectivity index (χ1v) is 20.7. The van der Waals surface area contributed by atoms with Crippen LogP contribution in [0.25, 0.3) is 32.7 Å². The van der Waals surface area contributed by atoms with Crippen LogP contribution in [0, 0.1) is 0 Å². The third kappa shape index (κ3) is 7.91. The molecule has 0 saturated carbocycles. The van der Waals surface area contributed by atoms with Crippen molar-refractivity contribution in [2.75, 3.05) is 27.1 Å². The van der Waals surface area contributed by atoms with Crippen molar-refractivity contribution < 1.29 is 31.0 Å². The predicted molar refractivity (Wildman–Crippen MR) is 212 cm³/mol. The molecule has 0 amide bonds. The fourth-order valence-electron chi connectivity index (χ4n) is 6.20. The van der Waals surface area contributed by atoms with Crippen LogP contribution in [0.5, 0.6) is 17.2 Å². The summed E-state index contributed by atoms with van der Waals surface area (Å²) in [6, 6.07) is 29.0. The molecule has 0 unspecified atom stereocenters. The number of anilines is 1. The number of nitrogen functional groups attached to an aromatic ring is 1. The fraction of sp³-hybridized carbons (Fsp3) is 0.158. The molecule has 0 aliphatic rings. The number of nitrogens with two attached hydrogens (primary N) is 2. The van der Waals surface area contributed by atoms with Gasteiger partial charge in [0.15, 0.2) is 5.13 Å². The lowest BCUT2D eigenvalue weighted by molar-refractivity contribution is 0.396. The molecule has 0 aliphatic heterocycles. The number of nitrogens with zero attached hydrogens (tertiary/aromatic N) is 6. The molecule has 2 heterocycles. The summed E-state index contributed by atoms with van der Waals surface area (Å²) in [6.45, 7) is -0.174. The largest absolute Gasteiger partial charge is 0.497 e. The van der Waals surface area contributed by atoms with E-state index in [1.54, 1.807) is 79.9 Å². The molecule has 0 saturated heterocycles. The van der Waals surface area contributed by atoms with Crippen LogP contribution in [0.1, 0.15) is 16.7 Å². The smallest absolute Gasteiger partial charge is 0.245 e. The lowest BCUT2D eigenvalue weighted by atomic mass is 9.98. The number of sulfonamides is 2. The average Bonchev–Trinajstić information content (AvgIpc) is 3.83. The summed E-state index contributed by atoms with van der Waals surface area (Å²) >= 11 is 1.25. The number of hydrogen-bond donors (Lipinski definition) is 2. The highest BCUT2D eigenvalue weighted by Gasteiger charge is 2.37. The normalized spacial score (nSPS) is 11.9. The van der Waals surface area contributed by atoms with Crippen molar-refractivity contribution >= 4 is 46.7 Å².